The van der Waals surface area contributed by atoms with Gasteiger partial charge in [-0.25, -0.2) is 0 Å². The highest BCUT2D eigenvalue weighted by Gasteiger charge is 2.31. The molecule has 16 heavy (non-hydrogen) atoms. The molecule has 0 aromatic rings. The molecule has 1 heterocycles. The van der Waals surface area contributed by atoms with Crippen molar-refractivity contribution in [3.05, 3.63) is 0 Å². The highest BCUT2D eigenvalue weighted by atomic mass is 16.2. The Hall–Kier alpha value is -1.43. The summed E-state index contributed by atoms with van der Waals surface area (Å²) in [6, 6.07) is -0.546. The summed E-state index contributed by atoms with van der Waals surface area (Å²) >= 11 is 0. The zero-order chi connectivity index (χ0) is 12.3. The molecule has 0 saturated carbocycles. The minimum Gasteiger partial charge on any atom is -0.368 e. The van der Waals surface area contributed by atoms with Crippen LogP contribution in [0.4, 0.5) is 0 Å². The quantitative estimate of drug-likeness (QED) is 0.593. The second kappa shape index (κ2) is 5.07. The van der Waals surface area contributed by atoms with Crippen molar-refractivity contribution in [1.82, 2.24) is 10.2 Å². The maximum absolute atomic E-state index is 11.3. The van der Waals surface area contributed by atoms with Crippen LogP contribution in [-0.4, -0.2) is 41.8 Å². The molecule has 1 saturated heterocycles. The standard InChI is InChI=1S/C10H17N3O3/c1-6(2)3-7(10(11)16)13-4-8(14)12-9(15)5-13/h6-7H,3-5H2,1-2H3,(H2,11,16)(H,12,14,15)/t7-/m0/s1. The Kier molecular flexibility index (Phi) is 4.00. The SMILES string of the molecule is CC(C)C[C@@H](C(N)=O)N1CC(=O)NC(=O)C1. The number of nitrogens with two attached hydrogens (primary N) is 1. The number of carbonyl (C=O) groups is 3. The van der Waals surface area contributed by atoms with Crippen LogP contribution in [0, 0.1) is 5.92 Å². The predicted octanol–water partition coefficient (Wildman–Crippen LogP) is -1.16. The largest absolute Gasteiger partial charge is 0.368 e. The van der Waals surface area contributed by atoms with Crippen LogP contribution >= 0.6 is 0 Å². The molecule has 6 nitrogen and oxygen atoms in total. The van der Waals surface area contributed by atoms with Crippen molar-refractivity contribution in [3.8, 4) is 0 Å². The van der Waals surface area contributed by atoms with Gasteiger partial charge in [-0.2, -0.15) is 0 Å². The van der Waals surface area contributed by atoms with Gasteiger partial charge in [0.05, 0.1) is 19.1 Å². The number of primary amides is 1. The number of nitrogens with zero attached hydrogens (tertiary/aromatic N) is 1. The number of rotatable bonds is 4. The molecular formula is C10H17N3O3. The Morgan fingerprint density at radius 1 is 1.38 bits per heavy atom. The van der Waals surface area contributed by atoms with Crippen molar-refractivity contribution in [2.75, 3.05) is 13.1 Å². The van der Waals surface area contributed by atoms with Gasteiger partial charge in [-0.15, -0.1) is 0 Å². The van der Waals surface area contributed by atoms with Gasteiger partial charge >= 0.3 is 0 Å². The average molecular weight is 227 g/mol. The summed E-state index contributed by atoms with van der Waals surface area (Å²) in [7, 11) is 0. The van der Waals surface area contributed by atoms with Crippen LogP contribution in [0.2, 0.25) is 0 Å². The zero-order valence-corrected chi connectivity index (χ0v) is 9.53. The molecule has 1 rings (SSSR count). The third-order valence-electron chi connectivity index (χ3n) is 2.44. The highest BCUT2D eigenvalue weighted by Crippen LogP contribution is 2.12. The van der Waals surface area contributed by atoms with E-state index in [-0.39, 0.29) is 30.8 Å². The van der Waals surface area contributed by atoms with Crippen LogP contribution in [0.1, 0.15) is 20.3 Å². The maximum Gasteiger partial charge on any atom is 0.240 e. The van der Waals surface area contributed by atoms with Crippen LogP contribution in [0.25, 0.3) is 0 Å². The molecule has 1 atom stereocenters. The Balaban J connectivity index is 2.73. The summed E-state index contributed by atoms with van der Waals surface area (Å²) in [5, 5.41) is 2.18. The lowest BCUT2D eigenvalue weighted by Gasteiger charge is -2.32. The first kappa shape index (κ1) is 12.6. The van der Waals surface area contributed by atoms with E-state index in [0.29, 0.717) is 6.42 Å². The molecule has 3 amide bonds. The van der Waals surface area contributed by atoms with E-state index in [2.05, 4.69) is 5.32 Å². The van der Waals surface area contributed by atoms with E-state index in [1.54, 1.807) is 0 Å². The molecule has 0 aromatic heterocycles. The fourth-order valence-corrected chi connectivity index (χ4v) is 1.77. The third-order valence-corrected chi connectivity index (χ3v) is 2.44. The normalized spacial score (nSPS) is 19.7. The van der Waals surface area contributed by atoms with Crippen molar-refractivity contribution < 1.29 is 14.4 Å². The fraction of sp³-hybridized carbons (Fsp3) is 0.700. The summed E-state index contributed by atoms with van der Waals surface area (Å²) in [6.07, 6.45) is 0.551. The number of hydrogen-bond donors (Lipinski definition) is 2. The Bertz CT molecular complexity index is 298. The minimum absolute atomic E-state index is 0.0477. The molecule has 3 N–H and O–H groups in total. The molecule has 0 radical (unpaired) electrons. The summed E-state index contributed by atoms with van der Waals surface area (Å²) in [6.45, 7) is 4.02. The van der Waals surface area contributed by atoms with Gasteiger partial charge in [-0.05, 0) is 12.3 Å². The minimum atomic E-state index is -0.546. The van der Waals surface area contributed by atoms with Crippen molar-refractivity contribution in [2.24, 2.45) is 11.7 Å². The number of hydrogen-bond acceptors (Lipinski definition) is 4. The lowest BCUT2D eigenvalue weighted by Crippen LogP contribution is -2.57. The summed E-state index contributed by atoms with van der Waals surface area (Å²) in [4.78, 5) is 35.2. The number of imide groups is 1. The molecule has 1 aliphatic rings. The zero-order valence-electron chi connectivity index (χ0n) is 9.53. The summed E-state index contributed by atoms with van der Waals surface area (Å²) in [5.41, 5.74) is 5.28. The van der Waals surface area contributed by atoms with Crippen LogP contribution in [0.15, 0.2) is 0 Å². The molecular weight excluding hydrogens is 210 g/mol. The van der Waals surface area contributed by atoms with Crippen molar-refractivity contribution in [2.45, 2.75) is 26.3 Å². The van der Waals surface area contributed by atoms with Crippen LogP contribution in [-0.2, 0) is 14.4 Å². The van der Waals surface area contributed by atoms with E-state index in [9.17, 15) is 14.4 Å². The molecule has 1 aliphatic heterocycles. The maximum atomic E-state index is 11.3. The van der Waals surface area contributed by atoms with Gasteiger partial charge in [0.25, 0.3) is 0 Å². The van der Waals surface area contributed by atoms with Crippen molar-refractivity contribution in [3.63, 3.8) is 0 Å². The molecule has 1 fully saturated rings. The average Bonchev–Trinajstić information content (AvgIpc) is 2.11. The Morgan fingerprint density at radius 2 is 1.88 bits per heavy atom. The Labute approximate surface area is 94.2 Å². The fourth-order valence-electron chi connectivity index (χ4n) is 1.77. The first-order valence-corrected chi connectivity index (χ1v) is 5.26. The number of carbonyl (C=O) groups excluding carboxylic acids is 3. The summed E-state index contributed by atoms with van der Waals surface area (Å²) < 4.78 is 0. The summed E-state index contributed by atoms with van der Waals surface area (Å²) in [5.74, 6) is -0.980. The van der Waals surface area contributed by atoms with Gasteiger partial charge in [0, 0.05) is 0 Å². The lowest BCUT2D eigenvalue weighted by atomic mass is 10.0. The first-order chi connectivity index (χ1) is 7.40. The number of amides is 3. The predicted molar refractivity (Wildman–Crippen MR) is 57.2 cm³/mol. The second-order valence-electron chi connectivity index (χ2n) is 4.42. The third kappa shape index (κ3) is 3.30. The van der Waals surface area contributed by atoms with Crippen LogP contribution < -0.4 is 11.1 Å². The van der Waals surface area contributed by atoms with Crippen LogP contribution in [0.5, 0.6) is 0 Å². The highest BCUT2D eigenvalue weighted by molar-refractivity contribution is 6.00. The molecule has 0 unspecified atom stereocenters. The topological polar surface area (TPSA) is 92.5 Å². The van der Waals surface area contributed by atoms with E-state index in [4.69, 9.17) is 5.73 Å². The molecule has 0 spiro atoms. The van der Waals surface area contributed by atoms with E-state index >= 15 is 0 Å². The van der Waals surface area contributed by atoms with Gasteiger partial charge < -0.3 is 5.73 Å². The molecule has 0 aliphatic carbocycles. The second-order valence-corrected chi connectivity index (χ2v) is 4.42. The molecule has 90 valence electrons. The van der Waals surface area contributed by atoms with Gasteiger partial charge in [0.1, 0.15) is 0 Å². The number of piperazine rings is 1. The van der Waals surface area contributed by atoms with Gasteiger partial charge in [0.2, 0.25) is 17.7 Å². The molecule has 0 bridgehead atoms. The smallest absolute Gasteiger partial charge is 0.240 e. The lowest BCUT2D eigenvalue weighted by molar-refractivity contribution is -0.138. The number of nitrogens with one attached hydrogen (secondary N) is 1. The van der Waals surface area contributed by atoms with E-state index in [0.717, 1.165) is 0 Å². The first-order valence-electron chi connectivity index (χ1n) is 5.26. The molecule has 6 heteroatoms. The molecule has 0 aromatic carbocycles. The van der Waals surface area contributed by atoms with Crippen LogP contribution in [0.3, 0.4) is 0 Å². The van der Waals surface area contributed by atoms with Gasteiger partial charge in [0.15, 0.2) is 0 Å². The van der Waals surface area contributed by atoms with Gasteiger partial charge in [-0.1, -0.05) is 13.8 Å². The van der Waals surface area contributed by atoms with Crippen molar-refractivity contribution in [1.29, 1.82) is 0 Å². The van der Waals surface area contributed by atoms with Crippen molar-refractivity contribution >= 4 is 17.7 Å². The van der Waals surface area contributed by atoms with E-state index < -0.39 is 11.9 Å². The van der Waals surface area contributed by atoms with E-state index in [1.807, 2.05) is 13.8 Å². The van der Waals surface area contributed by atoms with E-state index in [1.165, 1.54) is 4.90 Å². The van der Waals surface area contributed by atoms with Gasteiger partial charge in [-0.3, -0.25) is 24.6 Å². The monoisotopic (exact) mass is 227 g/mol. The Morgan fingerprint density at radius 3 is 2.25 bits per heavy atom.